The topological polar surface area (TPSA) is 57.6 Å². The third-order valence-electron chi connectivity index (χ3n) is 3.49. The molecule has 0 atom stereocenters. The molecule has 0 radical (unpaired) electrons. The van der Waals surface area contributed by atoms with E-state index in [1.807, 2.05) is 13.8 Å². The van der Waals surface area contributed by atoms with E-state index in [2.05, 4.69) is 0 Å². The summed E-state index contributed by atoms with van der Waals surface area (Å²) in [5, 5.41) is 9.93. The first-order chi connectivity index (χ1) is 8.67. The predicted molar refractivity (Wildman–Crippen MR) is 70.0 cm³/mol. The van der Waals surface area contributed by atoms with Gasteiger partial charge in [-0.2, -0.15) is 4.31 Å². The molecule has 7 heteroatoms. The Bertz CT molecular complexity index is 597. The highest BCUT2D eigenvalue weighted by atomic mass is 35.5. The van der Waals surface area contributed by atoms with Crippen molar-refractivity contribution in [3.05, 3.63) is 29.0 Å². The van der Waals surface area contributed by atoms with Gasteiger partial charge in [-0.1, -0.05) is 25.4 Å². The van der Waals surface area contributed by atoms with Crippen LogP contribution >= 0.6 is 11.6 Å². The highest BCUT2D eigenvalue weighted by Crippen LogP contribution is 2.35. The molecule has 1 aromatic carbocycles. The predicted octanol–water partition coefficient (Wildman–Crippen LogP) is 1.87. The molecule has 0 aliphatic carbocycles. The quantitative estimate of drug-likeness (QED) is 0.927. The maximum Gasteiger partial charge on any atom is 0.244 e. The van der Waals surface area contributed by atoms with Crippen LogP contribution < -0.4 is 0 Å². The SMILES string of the molecule is CC(C)C1(O)CN(S(=O)(=O)c2ccc(F)cc2Cl)C1. The molecule has 0 saturated carbocycles. The number of rotatable bonds is 3. The van der Waals surface area contributed by atoms with E-state index < -0.39 is 21.4 Å². The van der Waals surface area contributed by atoms with E-state index in [0.717, 1.165) is 22.5 Å². The summed E-state index contributed by atoms with van der Waals surface area (Å²) in [5.74, 6) is -0.631. The normalized spacial score (nSPS) is 19.5. The molecule has 19 heavy (non-hydrogen) atoms. The van der Waals surface area contributed by atoms with Gasteiger partial charge >= 0.3 is 0 Å². The summed E-state index contributed by atoms with van der Waals surface area (Å²) in [6, 6.07) is 3.15. The number of aliphatic hydroxyl groups is 1. The molecule has 2 rings (SSSR count). The molecule has 0 spiro atoms. The zero-order chi connectivity index (χ0) is 14.4. The molecule has 4 nitrogen and oxygen atoms in total. The average molecular weight is 308 g/mol. The Morgan fingerprint density at radius 1 is 1.42 bits per heavy atom. The Kier molecular flexibility index (Phi) is 3.64. The number of hydrogen-bond donors (Lipinski definition) is 1. The fourth-order valence-electron chi connectivity index (χ4n) is 1.92. The van der Waals surface area contributed by atoms with Gasteiger partial charge in [0, 0.05) is 13.1 Å². The second kappa shape index (κ2) is 4.70. The summed E-state index contributed by atoms with van der Waals surface area (Å²) < 4.78 is 38.6. The van der Waals surface area contributed by atoms with Gasteiger partial charge < -0.3 is 5.11 Å². The van der Waals surface area contributed by atoms with Crippen LogP contribution in [-0.2, 0) is 10.0 Å². The fraction of sp³-hybridized carbons (Fsp3) is 0.500. The summed E-state index contributed by atoms with van der Waals surface area (Å²) in [5.41, 5.74) is -1.00. The second-order valence-electron chi connectivity index (χ2n) is 5.11. The minimum absolute atomic E-state index is 0.0285. The number of sulfonamides is 1. The van der Waals surface area contributed by atoms with E-state index >= 15 is 0 Å². The lowest BCUT2D eigenvalue weighted by Gasteiger charge is -2.47. The van der Waals surface area contributed by atoms with Crippen molar-refractivity contribution in [3.63, 3.8) is 0 Å². The monoisotopic (exact) mass is 307 g/mol. The Morgan fingerprint density at radius 2 is 2.00 bits per heavy atom. The van der Waals surface area contributed by atoms with Gasteiger partial charge in [-0.3, -0.25) is 0 Å². The maximum absolute atomic E-state index is 12.9. The molecule has 0 amide bonds. The molecule has 1 aliphatic heterocycles. The van der Waals surface area contributed by atoms with Crippen molar-refractivity contribution in [1.82, 2.24) is 4.31 Å². The third-order valence-corrected chi connectivity index (χ3v) is 5.76. The molecule has 0 unspecified atom stereocenters. The smallest absolute Gasteiger partial charge is 0.244 e. The van der Waals surface area contributed by atoms with Crippen LogP contribution in [0, 0.1) is 11.7 Å². The van der Waals surface area contributed by atoms with Gasteiger partial charge in [0.05, 0.1) is 10.6 Å². The first-order valence-electron chi connectivity index (χ1n) is 5.84. The molecule has 106 valence electrons. The first kappa shape index (κ1) is 14.7. The van der Waals surface area contributed by atoms with Crippen LogP contribution in [0.15, 0.2) is 23.1 Å². The van der Waals surface area contributed by atoms with Crippen molar-refractivity contribution < 1.29 is 17.9 Å². The Hall–Kier alpha value is -0.690. The summed E-state index contributed by atoms with van der Waals surface area (Å²) in [6.45, 7) is 3.71. The number of hydrogen-bond acceptors (Lipinski definition) is 3. The Balaban J connectivity index is 2.26. The minimum Gasteiger partial charge on any atom is -0.387 e. The zero-order valence-corrected chi connectivity index (χ0v) is 12.2. The number of β-amino-alcohol motifs (C(OH)–C–C–N with tert-alkyl or cyclic N) is 1. The van der Waals surface area contributed by atoms with Gasteiger partial charge in [0.1, 0.15) is 10.7 Å². The van der Waals surface area contributed by atoms with Crippen LogP contribution in [0.2, 0.25) is 5.02 Å². The summed E-state index contributed by atoms with van der Waals surface area (Å²) >= 11 is 5.76. The van der Waals surface area contributed by atoms with E-state index in [-0.39, 0.29) is 28.9 Å². The molecule has 1 aromatic rings. The molecule has 0 aromatic heterocycles. The van der Waals surface area contributed by atoms with Gasteiger partial charge in [0.2, 0.25) is 10.0 Å². The highest BCUT2D eigenvalue weighted by molar-refractivity contribution is 7.89. The van der Waals surface area contributed by atoms with Crippen LogP contribution in [-0.4, -0.2) is 36.5 Å². The lowest BCUT2D eigenvalue weighted by molar-refractivity contribution is -0.0932. The van der Waals surface area contributed by atoms with Crippen molar-refractivity contribution in [3.8, 4) is 0 Å². The number of benzene rings is 1. The summed E-state index contributed by atoms with van der Waals surface area (Å²) in [7, 11) is -3.78. The number of halogens is 2. The minimum atomic E-state index is -3.78. The van der Waals surface area contributed by atoms with Gasteiger partial charge in [-0.05, 0) is 24.1 Å². The van der Waals surface area contributed by atoms with Crippen molar-refractivity contribution in [2.45, 2.75) is 24.3 Å². The van der Waals surface area contributed by atoms with Gasteiger partial charge in [0.15, 0.2) is 0 Å². The van der Waals surface area contributed by atoms with E-state index in [4.69, 9.17) is 11.6 Å². The Labute approximate surface area is 116 Å². The molecule has 1 saturated heterocycles. The van der Waals surface area contributed by atoms with Crippen LogP contribution in [0.25, 0.3) is 0 Å². The molecule has 1 fully saturated rings. The lowest BCUT2D eigenvalue weighted by atomic mass is 9.85. The van der Waals surface area contributed by atoms with E-state index in [1.165, 1.54) is 0 Å². The van der Waals surface area contributed by atoms with Crippen LogP contribution in [0.5, 0.6) is 0 Å². The second-order valence-corrected chi connectivity index (χ2v) is 7.42. The fourth-order valence-corrected chi connectivity index (χ4v) is 3.99. The standard InChI is InChI=1S/C12H15ClFNO3S/c1-8(2)12(16)6-15(7-12)19(17,18)11-4-3-9(14)5-10(11)13/h3-5,8,16H,6-7H2,1-2H3. The number of nitrogens with zero attached hydrogens (tertiary/aromatic N) is 1. The van der Waals surface area contributed by atoms with E-state index in [9.17, 15) is 17.9 Å². The van der Waals surface area contributed by atoms with Crippen LogP contribution in [0.3, 0.4) is 0 Å². The van der Waals surface area contributed by atoms with Crippen molar-refractivity contribution in [1.29, 1.82) is 0 Å². The van der Waals surface area contributed by atoms with Crippen molar-refractivity contribution in [2.24, 2.45) is 5.92 Å². The van der Waals surface area contributed by atoms with Gasteiger partial charge in [0.25, 0.3) is 0 Å². The van der Waals surface area contributed by atoms with Gasteiger partial charge in [-0.15, -0.1) is 0 Å². The third kappa shape index (κ3) is 2.50. The zero-order valence-electron chi connectivity index (χ0n) is 10.6. The van der Waals surface area contributed by atoms with E-state index in [0.29, 0.717) is 0 Å². The van der Waals surface area contributed by atoms with E-state index in [1.54, 1.807) is 0 Å². The molecule has 1 aliphatic rings. The van der Waals surface area contributed by atoms with Crippen molar-refractivity contribution in [2.75, 3.05) is 13.1 Å². The summed E-state index contributed by atoms with van der Waals surface area (Å²) in [4.78, 5) is -0.138. The molecule has 0 bridgehead atoms. The largest absolute Gasteiger partial charge is 0.387 e. The molecule has 1 N–H and O–H groups in total. The van der Waals surface area contributed by atoms with Crippen molar-refractivity contribution >= 4 is 21.6 Å². The molecular formula is C12H15ClFNO3S. The average Bonchev–Trinajstić information content (AvgIpc) is 2.23. The maximum atomic E-state index is 12.9. The van der Waals surface area contributed by atoms with Gasteiger partial charge in [-0.25, -0.2) is 12.8 Å². The molecular weight excluding hydrogens is 293 g/mol. The first-order valence-corrected chi connectivity index (χ1v) is 7.66. The molecule has 1 heterocycles. The van der Waals surface area contributed by atoms with Crippen LogP contribution in [0.1, 0.15) is 13.8 Å². The highest BCUT2D eigenvalue weighted by Gasteiger charge is 2.49. The van der Waals surface area contributed by atoms with Crippen LogP contribution in [0.4, 0.5) is 4.39 Å². The Morgan fingerprint density at radius 3 is 2.47 bits per heavy atom. The summed E-state index contributed by atoms with van der Waals surface area (Å²) in [6.07, 6.45) is 0. The lowest BCUT2D eigenvalue weighted by Crippen LogP contribution is -2.65.